The Balaban J connectivity index is -0.000000220. The summed E-state index contributed by atoms with van der Waals surface area (Å²) >= 11 is 3.70. The van der Waals surface area contributed by atoms with E-state index in [1.54, 1.807) is 0 Å². The molecule has 13 heavy (non-hydrogen) atoms. The van der Waals surface area contributed by atoms with E-state index in [4.69, 9.17) is 15.0 Å². The van der Waals surface area contributed by atoms with Crippen LogP contribution in [0.25, 0.3) is 0 Å². The zero-order valence-corrected chi connectivity index (χ0v) is 9.35. The van der Waals surface area contributed by atoms with Crippen LogP contribution in [0.2, 0.25) is 0 Å². The first-order valence-electron chi connectivity index (χ1n) is 1.92. The summed E-state index contributed by atoms with van der Waals surface area (Å²) < 4.78 is 21.7. The summed E-state index contributed by atoms with van der Waals surface area (Å²) in [6.07, 6.45) is 0. The van der Waals surface area contributed by atoms with Crippen LogP contribution in [0.3, 0.4) is 0 Å². The van der Waals surface area contributed by atoms with Crippen molar-refractivity contribution in [1.82, 2.24) is 0 Å². The van der Waals surface area contributed by atoms with E-state index in [0.29, 0.717) is 0 Å². The largest absolute Gasteiger partial charge is 3.00 e. The van der Waals surface area contributed by atoms with Crippen LogP contribution < -0.4 is 9.79 Å². The van der Waals surface area contributed by atoms with Gasteiger partial charge in [0.15, 0.2) is 0 Å². The van der Waals surface area contributed by atoms with Gasteiger partial charge < -0.3 is 36.8 Å². The molecule has 0 aliphatic heterocycles. The second-order valence-corrected chi connectivity index (χ2v) is 3.82. The summed E-state index contributed by atoms with van der Waals surface area (Å²) in [6.45, 7) is 0. The number of hydrogen-bond donors (Lipinski definition) is 2. The molecule has 0 unspecified atom stereocenters. The van der Waals surface area contributed by atoms with E-state index in [0.717, 1.165) is 0 Å². The smallest absolute Gasteiger partial charge is 0.789 e. The molecular weight excluding hydrogens is 287 g/mol. The van der Waals surface area contributed by atoms with Crippen molar-refractivity contribution in [3.8, 4) is 5.40 Å². The molecule has 0 aromatic heterocycles. The monoisotopic (exact) mass is 289 g/mol. The molecule has 0 atom stereocenters. The summed E-state index contributed by atoms with van der Waals surface area (Å²) in [7, 11) is -10.7. The molecule has 0 bridgehead atoms. The van der Waals surface area contributed by atoms with Gasteiger partial charge in [-0.15, -0.1) is 0 Å². The maximum Gasteiger partial charge on any atom is 3.00 e. The predicted octanol–water partition coefficient (Wildman–Crippen LogP) is -2.06. The number of thiocyanates is 1. The van der Waals surface area contributed by atoms with Crippen molar-refractivity contribution in [2.75, 3.05) is 0 Å². The summed E-state index contributed by atoms with van der Waals surface area (Å²) in [4.78, 5) is 34.1. The van der Waals surface area contributed by atoms with E-state index in [9.17, 15) is 18.9 Å². The Morgan fingerprint density at radius 3 is 1.62 bits per heavy atom. The maximum atomic E-state index is 9.55. The fourth-order valence-corrected chi connectivity index (χ4v) is 1.17. The number of nitrogens with zero attached hydrogens (tertiary/aromatic N) is 1. The molecular formula is CH2MnNO7P2S. The van der Waals surface area contributed by atoms with Gasteiger partial charge >= 0.3 is 24.9 Å². The Hall–Kier alpha value is 0.489. The van der Waals surface area contributed by atoms with Crippen LogP contribution in [-0.4, -0.2) is 9.79 Å². The van der Waals surface area contributed by atoms with Crippen molar-refractivity contribution in [2.24, 2.45) is 0 Å². The van der Waals surface area contributed by atoms with Crippen LogP contribution in [0.15, 0.2) is 0 Å². The van der Waals surface area contributed by atoms with Crippen molar-refractivity contribution >= 4 is 28.3 Å². The predicted molar refractivity (Wildman–Crippen MR) is 33.7 cm³/mol. The van der Waals surface area contributed by atoms with Crippen LogP contribution in [0.5, 0.6) is 0 Å². The first-order valence-corrected chi connectivity index (χ1v) is 5.32. The SMILES string of the molecule is N#C[S-].O=P([O-])([O-])OP(=O)(O)O.[Mn+3]. The summed E-state index contributed by atoms with van der Waals surface area (Å²) in [5.74, 6) is 0. The first kappa shape index (κ1) is 19.1. The Kier molecular flexibility index (Phi) is 11.6. The van der Waals surface area contributed by atoms with Crippen LogP contribution in [0.4, 0.5) is 0 Å². The first-order chi connectivity index (χ1) is 5.12. The quantitative estimate of drug-likeness (QED) is 0.252. The maximum absolute atomic E-state index is 9.55. The molecule has 0 aromatic rings. The standard InChI is InChI=1S/CHNS.Mn.H4O7P2/c2-1-3;;1-8(2,3)7-9(4,5)6/h3H;;(H2,1,2,3)(H2,4,5,6)/q;+3;/p-3. The molecule has 8 nitrogen and oxygen atoms in total. The zero-order valence-electron chi connectivity index (χ0n) is 5.56. The van der Waals surface area contributed by atoms with Gasteiger partial charge in [0, 0.05) is 0 Å². The van der Waals surface area contributed by atoms with Gasteiger partial charge in [-0.3, -0.25) is 4.31 Å². The average Bonchev–Trinajstić information content (AvgIpc) is 1.53. The number of nitriles is 1. The second-order valence-electron chi connectivity index (χ2n) is 1.11. The van der Waals surface area contributed by atoms with E-state index in [1.165, 1.54) is 5.40 Å². The number of rotatable bonds is 2. The van der Waals surface area contributed by atoms with Gasteiger partial charge in [0.25, 0.3) is 0 Å². The number of phosphoric acid groups is 2. The van der Waals surface area contributed by atoms with Crippen LogP contribution in [0, 0.1) is 10.7 Å². The molecule has 0 fully saturated rings. The molecule has 0 saturated carbocycles. The third-order valence-electron chi connectivity index (χ3n) is 0.206. The normalized spacial score (nSPS) is 10.1. The molecule has 0 rings (SSSR count). The van der Waals surface area contributed by atoms with Crippen LogP contribution >= 0.6 is 15.6 Å². The van der Waals surface area contributed by atoms with Gasteiger partial charge in [0.1, 0.15) is 0 Å². The molecule has 0 radical (unpaired) electrons. The van der Waals surface area contributed by atoms with Crippen molar-refractivity contribution in [3.63, 3.8) is 0 Å². The minimum Gasteiger partial charge on any atom is -0.789 e. The van der Waals surface area contributed by atoms with Gasteiger partial charge in [-0.05, 0) is 0 Å². The fourth-order valence-electron chi connectivity index (χ4n) is 0.130. The fraction of sp³-hybridized carbons (Fsp3) is 0. The van der Waals surface area contributed by atoms with Crippen molar-refractivity contribution in [2.45, 2.75) is 0 Å². The minimum absolute atomic E-state index is 0. The molecule has 0 saturated heterocycles. The van der Waals surface area contributed by atoms with Gasteiger partial charge in [-0.1, -0.05) is 5.40 Å². The van der Waals surface area contributed by atoms with Crippen LogP contribution in [0.1, 0.15) is 0 Å². The van der Waals surface area contributed by atoms with E-state index in [-0.39, 0.29) is 17.1 Å². The molecule has 0 spiro atoms. The molecule has 0 aliphatic carbocycles. The van der Waals surface area contributed by atoms with E-state index in [1.807, 2.05) is 0 Å². The zero-order chi connectivity index (χ0) is 10.4. The van der Waals surface area contributed by atoms with Gasteiger partial charge in [0.2, 0.25) is 0 Å². The summed E-state index contributed by atoms with van der Waals surface area (Å²) in [5.41, 5.74) is 0. The van der Waals surface area contributed by atoms with Gasteiger partial charge in [-0.25, -0.2) is 9.83 Å². The van der Waals surface area contributed by atoms with E-state index >= 15 is 0 Å². The molecule has 0 heterocycles. The van der Waals surface area contributed by atoms with Crippen molar-refractivity contribution in [1.29, 1.82) is 5.26 Å². The molecule has 2 N–H and O–H groups in total. The van der Waals surface area contributed by atoms with Gasteiger partial charge in [-0.2, -0.15) is 0 Å². The number of hydrogen-bond acceptors (Lipinski definition) is 7. The van der Waals surface area contributed by atoms with Crippen molar-refractivity contribution < 1.29 is 50.1 Å². The Morgan fingerprint density at radius 1 is 1.38 bits per heavy atom. The average molecular weight is 289 g/mol. The second kappa shape index (κ2) is 7.85. The topological polar surface area (TPSA) is 154 Å². The minimum atomic E-state index is -5.55. The van der Waals surface area contributed by atoms with Gasteiger partial charge in [0.05, 0.1) is 7.82 Å². The Bertz CT molecular complexity index is 230. The van der Waals surface area contributed by atoms with Crippen LogP contribution in [-0.2, 0) is 43.1 Å². The Labute approximate surface area is 89.3 Å². The Morgan fingerprint density at radius 2 is 1.62 bits per heavy atom. The van der Waals surface area contributed by atoms with Crippen molar-refractivity contribution in [3.05, 3.63) is 0 Å². The molecule has 0 amide bonds. The molecule has 0 aliphatic rings. The third kappa shape index (κ3) is 32.6. The summed E-state index contributed by atoms with van der Waals surface area (Å²) in [6, 6.07) is 0. The van der Waals surface area contributed by atoms with E-state index < -0.39 is 15.6 Å². The molecule has 0 aromatic carbocycles. The third-order valence-corrected chi connectivity index (χ3v) is 1.86. The molecule has 76 valence electrons. The summed E-state index contributed by atoms with van der Waals surface area (Å²) in [5, 5.41) is 8.47. The van der Waals surface area contributed by atoms with E-state index in [2.05, 4.69) is 16.9 Å². The molecule has 12 heteroatoms.